The van der Waals surface area contributed by atoms with Crippen LogP contribution in [0.25, 0.3) is 0 Å². The maximum Gasteiger partial charge on any atom is 0.126 e. The fraction of sp³-hybridized carbons (Fsp3) is 0.333. The molecule has 0 atom stereocenters. The Kier molecular flexibility index (Phi) is 6.11. The molecule has 0 saturated carbocycles. The topological polar surface area (TPSA) is 0 Å². The molecule has 0 radical (unpaired) electrons. The third-order valence-corrected chi connectivity index (χ3v) is 6.56. The predicted octanol–water partition coefficient (Wildman–Crippen LogP) is 8.39. The normalized spacial score (nSPS) is 12.5. The van der Waals surface area contributed by atoms with Crippen LogP contribution >= 0.6 is 11.6 Å². The summed E-state index contributed by atoms with van der Waals surface area (Å²) in [6, 6.07) is 18.3. The Morgan fingerprint density at radius 1 is 0.667 bits per heavy atom. The summed E-state index contributed by atoms with van der Waals surface area (Å²) >= 11 is 6.65. The van der Waals surface area contributed by atoms with Crippen LogP contribution in [0.3, 0.4) is 0 Å². The Morgan fingerprint density at radius 2 is 1.17 bits per heavy atom. The maximum absolute atomic E-state index is 13.7. The second-order valence-corrected chi connectivity index (χ2v) is 9.79. The molecule has 0 nitrogen and oxygen atoms in total. The van der Waals surface area contributed by atoms with Crippen molar-refractivity contribution in [2.24, 2.45) is 0 Å². The zero-order valence-corrected chi connectivity index (χ0v) is 19.2. The van der Waals surface area contributed by atoms with Gasteiger partial charge in [0.05, 0.1) is 0 Å². The highest BCUT2D eigenvalue weighted by Gasteiger charge is 2.28. The van der Waals surface area contributed by atoms with Gasteiger partial charge in [-0.15, -0.1) is 0 Å². The van der Waals surface area contributed by atoms with Gasteiger partial charge in [0, 0.05) is 21.9 Å². The van der Waals surface area contributed by atoms with E-state index >= 15 is 0 Å². The number of hydrogen-bond acceptors (Lipinski definition) is 0. The quantitative estimate of drug-likeness (QED) is 0.384. The Bertz CT molecular complexity index is 1030. The first-order valence-electron chi connectivity index (χ1n) is 10.3. The second kappa shape index (κ2) is 8.15. The van der Waals surface area contributed by atoms with E-state index in [9.17, 15) is 8.78 Å². The Balaban J connectivity index is 1.96. The molecule has 158 valence electrons. The van der Waals surface area contributed by atoms with Crippen LogP contribution < -0.4 is 0 Å². The molecule has 0 bridgehead atoms. The molecule has 0 unspecified atom stereocenters. The zero-order chi connectivity index (χ0) is 22.3. The molecule has 0 amide bonds. The van der Waals surface area contributed by atoms with Crippen molar-refractivity contribution in [3.8, 4) is 0 Å². The molecule has 0 saturated heterocycles. The van der Waals surface area contributed by atoms with Gasteiger partial charge in [0.2, 0.25) is 0 Å². The van der Waals surface area contributed by atoms with Gasteiger partial charge in [-0.3, -0.25) is 0 Å². The van der Waals surface area contributed by atoms with Gasteiger partial charge in [-0.2, -0.15) is 0 Å². The maximum atomic E-state index is 13.7. The van der Waals surface area contributed by atoms with Crippen LogP contribution in [0.1, 0.15) is 75.3 Å². The van der Waals surface area contributed by atoms with Crippen molar-refractivity contribution in [1.82, 2.24) is 0 Å². The first kappa shape index (κ1) is 22.5. The highest BCUT2D eigenvalue weighted by atomic mass is 35.5. The third kappa shape index (κ3) is 4.30. The average Bonchev–Trinajstić information content (AvgIpc) is 2.67. The van der Waals surface area contributed by atoms with Crippen molar-refractivity contribution in [3.63, 3.8) is 0 Å². The molecule has 0 aliphatic heterocycles. The molecular formula is C27H29ClF2. The lowest BCUT2D eigenvalue weighted by molar-refractivity contribution is 0.560. The van der Waals surface area contributed by atoms with Crippen LogP contribution in [0.2, 0.25) is 5.02 Å². The molecule has 0 aliphatic rings. The monoisotopic (exact) mass is 426 g/mol. The molecule has 3 rings (SSSR count). The minimum atomic E-state index is -0.560. The highest BCUT2D eigenvalue weighted by Crippen LogP contribution is 2.39. The van der Waals surface area contributed by atoms with Gasteiger partial charge in [-0.25, -0.2) is 8.78 Å². The first-order chi connectivity index (χ1) is 13.9. The SMILES string of the molecule is CC(C)c1ccc(C(C)(C)c2ccc(C(C)(C)c3cc(F)cc(F)c3)cc2)c(Cl)c1. The smallest absolute Gasteiger partial charge is 0.126 e. The van der Waals surface area contributed by atoms with Crippen molar-refractivity contribution in [2.75, 3.05) is 0 Å². The minimum Gasteiger partial charge on any atom is -0.207 e. The van der Waals surface area contributed by atoms with Gasteiger partial charge >= 0.3 is 0 Å². The van der Waals surface area contributed by atoms with Crippen molar-refractivity contribution in [2.45, 2.75) is 58.3 Å². The summed E-state index contributed by atoms with van der Waals surface area (Å²) in [6.07, 6.45) is 0. The van der Waals surface area contributed by atoms with Crippen LogP contribution in [0.15, 0.2) is 60.7 Å². The molecule has 0 spiro atoms. The van der Waals surface area contributed by atoms with E-state index in [1.807, 2.05) is 26.0 Å². The third-order valence-electron chi connectivity index (χ3n) is 6.25. The summed E-state index contributed by atoms with van der Waals surface area (Å²) in [5, 5.41) is 0.769. The standard InChI is InChI=1S/C27H29ClF2/c1-17(2)18-7-12-24(25(28)13-18)27(5,6)20-10-8-19(9-11-20)26(3,4)21-14-22(29)16-23(30)15-21/h7-17H,1-6H3. The molecule has 3 heteroatoms. The van der Waals surface area contributed by atoms with E-state index in [0.29, 0.717) is 11.5 Å². The number of rotatable bonds is 5. The van der Waals surface area contributed by atoms with Crippen LogP contribution in [0, 0.1) is 11.6 Å². The van der Waals surface area contributed by atoms with E-state index in [1.165, 1.54) is 17.7 Å². The molecule has 30 heavy (non-hydrogen) atoms. The Labute approximate surface area is 183 Å². The van der Waals surface area contributed by atoms with Crippen molar-refractivity contribution in [1.29, 1.82) is 0 Å². The largest absolute Gasteiger partial charge is 0.207 e. The number of hydrogen-bond donors (Lipinski definition) is 0. The minimum absolute atomic E-state index is 0.278. The molecule has 0 aromatic heterocycles. The van der Waals surface area contributed by atoms with Gasteiger partial charge < -0.3 is 0 Å². The summed E-state index contributed by atoms with van der Waals surface area (Å²) in [6.45, 7) is 12.6. The first-order valence-corrected chi connectivity index (χ1v) is 10.7. The van der Waals surface area contributed by atoms with Crippen molar-refractivity contribution in [3.05, 3.63) is 105 Å². The molecule has 0 aliphatic carbocycles. The summed E-state index contributed by atoms with van der Waals surface area (Å²) in [5.41, 5.74) is 4.23. The predicted molar refractivity (Wildman–Crippen MR) is 123 cm³/mol. The summed E-state index contributed by atoms with van der Waals surface area (Å²) in [4.78, 5) is 0. The van der Waals surface area contributed by atoms with Gasteiger partial charge in [0.25, 0.3) is 0 Å². The van der Waals surface area contributed by atoms with E-state index in [-0.39, 0.29) is 5.41 Å². The zero-order valence-electron chi connectivity index (χ0n) is 18.5. The summed E-state index contributed by atoms with van der Waals surface area (Å²) in [5.74, 6) is -0.695. The van der Waals surface area contributed by atoms with Crippen LogP contribution in [0.4, 0.5) is 8.78 Å². The lowest BCUT2D eigenvalue weighted by Gasteiger charge is -2.30. The number of benzene rings is 3. The summed E-state index contributed by atoms with van der Waals surface area (Å²) in [7, 11) is 0. The molecule has 3 aromatic rings. The Hall–Kier alpha value is -2.19. The van der Waals surface area contributed by atoms with Gasteiger partial charge in [0.15, 0.2) is 0 Å². The lowest BCUT2D eigenvalue weighted by Crippen LogP contribution is -2.22. The highest BCUT2D eigenvalue weighted by molar-refractivity contribution is 6.31. The Morgan fingerprint density at radius 3 is 1.63 bits per heavy atom. The number of halogens is 3. The lowest BCUT2D eigenvalue weighted by atomic mass is 9.74. The van der Waals surface area contributed by atoms with Crippen molar-refractivity contribution < 1.29 is 8.78 Å². The fourth-order valence-electron chi connectivity index (χ4n) is 3.94. The van der Waals surface area contributed by atoms with Gasteiger partial charge in [0.1, 0.15) is 11.6 Å². The van der Waals surface area contributed by atoms with E-state index in [0.717, 1.165) is 27.8 Å². The average molecular weight is 427 g/mol. The van der Waals surface area contributed by atoms with Crippen LogP contribution in [-0.2, 0) is 10.8 Å². The molecule has 0 N–H and O–H groups in total. The molecule has 0 heterocycles. The molecule has 0 fully saturated rings. The van der Waals surface area contributed by atoms with Crippen molar-refractivity contribution >= 4 is 11.6 Å². The van der Waals surface area contributed by atoms with Crippen LogP contribution in [-0.4, -0.2) is 0 Å². The van der Waals surface area contributed by atoms with Crippen LogP contribution in [0.5, 0.6) is 0 Å². The summed E-state index contributed by atoms with van der Waals surface area (Å²) < 4.78 is 27.5. The molecule has 3 aromatic carbocycles. The van der Waals surface area contributed by atoms with Gasteiger partial charge in [-0.1, -0.05) is 89.5 Å². The van der Waals surface area contributed by atoms with E-state index < -0.39 is 17.0 Å². The fourth-order valence-corrected chi connectivity index (χ4v) is 4.36. The van der Waals surface area contributed by atoms with E-state index in [2.05, 4.69) is 58.0 Å². The van der Waals surface area contributed by atoms with Gasteiger partial charge in [-0.05, 0) is 51.9 Å². The van der Waals surface area contributed by atoms with E-state index in [1.54, 1.807) is 0 Å². The van der Waals surface area contributed by atoms with E-state index in [4.69, 9.17) is 11.6 Å². The second-order valence-electron chi connectivity index (χ2n) is 9.38. The molecular weight excluding hydrogens is 398 g/mol.